The van der Waals surface area contributed by atoms with Crippen LogP contribution in [0.15, 0.2) is 41.8 Å². The van der Waals surface area contributed by atoms with Crippen LogP contribution in [0.2, 0.25) is 0 Å². The molecule has 2 aromatic rings. The average molecular weight is 305 g/mol. The van der Waals surface area contributed by atoms with Crippen LogP contribution in [0, 0.1) is 0 Å². The van der Waals surface area contributed by atoms with Gasteiger partial charge in [0, 0.05) is 10.4 Å². The molecule has 110 valence electrons. The molecule has 21 heavy (non-hydrogen) atoms. The highest BCUT2D eigenvalue weighted by atomic mass is 32.1. The number of amides is 1. The predicted octanol–water partition coefficient (Wildman–Crippen LogP) is 2.70. The van der Waals surface area contributed by atoms with Crippen LogP contribution in [0.1, 0.15) is 27.7 Å². The number of benzene rings is 1. The van der Waals surface area contributed by atoms with E-state index in [0.29, 0.717) is 11.3 Å². The second-order valence-electron chi connectivity index (χ2n) is 4.37. The molecule has 0 saturated heterocycles. The van der Waals surface area contributed by atoms with Crippen LogP contribution in [-0.2, 0) is 4.79 Å². The van der Waals surface area contributed by atoms with Crippen LogP contribution < -0.4 is 10.1 Å². The number of hydrogen-bond donors (Lipinski definition) is 2. The zero-order chi connectivity index (χ0) is 15.2. The average Bonchev–Trinajstić information content (AvgIpc) is 3.00. The summed E-state index contributed by atoms with van der Waals surface area (Å²) in [5.74, 6) is -0.604. The van der Waals surface area contributed by atoms with Crippen molar-refractivity contribution < 1.29 is 19.4 Å². The van der Waals surface area contributed by atoms with Gasteiger partial charge in [-0.1, -0.05) is 6.07 Å². The van der Waals surface area contributed by atoms with Gasteiger partial charge in [-0.3, -0.25) is 9.59 Å². The number of ether oxygens (including phenoxy) is 1. The Morgan fingerprint density at radius 3 is 2.52 bits per heavy atom. The summed E-state index contributed by atoms with van der Waals surface area (Å²) in [4.78, 5) is 24.0. The van der Waals surface area contributed by atoms with Gasteiger partial charge in [0.25, 0.3) is 5.91 Å². The van der Waals surface area contributed by atoms with E-state index in [2.05, 4.69) is 5.32 Å². The third kappa shape index (κ3) is 4.06. The van der Waals surface area contributed by atoms with Gasteiger partial charge in [0.1, 0.15) is 5.75 Å². The van der Waals surface area contributed by atoms with Crippen LogP contribution in [0.3, 0.4) is 0 Å². The molecule has 0 fully saturated rings. The third-order valence-electron chi connectivity index (χ3n) is 2.92. The third-order valence-corrected chi connectivity index (χ3v) is 3.91. The highest BCUT2D eigenvalue weighted by molar-refractivity contribution is 7.10. The summed E-state index contributed by atoms with van der Waals surface area (Å²) in [6.07, 6.45) is -0.150. The molecule has 0 unspecified atom stereocenters. The van der Waals surface area contributed by atoms with E-state index in [9.17, 15) is 9.59 Å². The van der Waals surface area contributed by atoms with Gasteiger partial charge >= 0.3 is 5.97 Å². The van der Waals surface area contributed by atoms with Crippen LogP contribution in [0.4, 0.5) is 0 Å². The number of carboxylic acid groups (broad SMARTS) is 1. The summed E-state index contributed by atoms with van der Waals surface area (Å²) in [5, 5.41) is 13.6. The minimum atomic E-state index is -0.955. The molecular formula is C15H15NO4S. The van der Waals surface area contributed by atoms with Crippen molar-refractivity contribution in [2.75, 3.05) is 7.11 Å². The monoisotopic (exact) mass is 305 g/mol. The summed E-state index contributed by atoms with van der Waals surface area (Å²) in [6.45, 7) is 0. The first-order valence-corrected chi connectivity index (χ1v) is 7.18. The number of carbonyl (C=O) groups excluding carboxylic acids is 1. The molecule has 0 saturated carbocycles. The lowest BCUT2D eigenvalue weighted by Gasteiger charge is -2.15. The molecule has 0 spiro atoms. The van der Waals surface area contributed by atoms with E-state index in [4.69, 9.17) is 9.84 Å². The number of aliphatic carboxylic acids is 1. The fraction of sp³-hybridized carbons (Fsp3) is 0.200. The summed E-state index contributed by atoms with van der Waals surface area (Å²) in [5.41, 5.74) is 0.461. The van der Waals surface area contributed by atoms with Gasteiger partial charge in [-0.15, -0.1) is 11.3 Å². The molecule has 1 amide bonds. The Balaban J connectivity index is 2.11. The lowest BCUT2D eigenvalue weighted by Crippen LogP contribution is -2.29. The van der Waals surface area contributed by atoms with E-state index in [1.54, 1.807) is 31.4 Å². The minimum absolute atomic E-state index is 0.150. The number of carbonyl (C=O) groups is 2. The Kier molecular flexibility index (Phi) is 4.94. The summed E-state index contributed by atoms with van der Waals surface area (Å²) < 4.78 is 5.03. The standard InChI is InChI=1S/C15H15NO4S/c1-20-11-6-4-10(5-7-11)15(19)16-12(9-14(17)18)13-3-2-8-21-13/h2-8,12H,9H2,1H3,(H,16,19)(H,17,18)/t12-/m1/s1. The maximum atomic E-state index is 12.2. The maximum absolute atomic E-state index is 12.2. The van der Waals surface area contributed by atoms with Gasteiger partial charge in [-0.2, -0.15) is 0 Å². The van der Waals surface area contributed by atoms with E-state index in [1.807, 2.05) is 17.5 Å². The molecule has 0 aliphatic heterocycles. The van der Waals surface area contributed by atoms with Crippen molar-refractivity contribution in [3.8, 4) is 5.75 Å². The Hall–Kier alpha value is -2.34. The van der Waals surface area contributed by atoms with Gasteiger partial charge in [0.05, 0.1) is 19.6 Å². The number of hydrogen-bond acceptors (Lipinski definition) is 4. The molecule has 2 rings (SSSR count). The second-order valence-corrected chi connectivity index (χ2v) is 5.35. The first-order valence-electron chi connectivity index (χ1n) is 6.30. The number of thiophene rings is 1. The van der Waals surface area contributed by atoms with Crippen LogP contribution in [0.5, 0.6) is 5.75 Å². The van der Waals surface area contributed by atoms with Gasteiger partial charge in [-0.25, -0.2) is 0 Å². The van der Waals surface area contributed by atoms with Crippen molar-refractivity contribution >= 4 is 23.2 Å². The summed E-state index contributed by atoms with van der Waals surface area (Å²) in [7, 11) is 1.55. The first-order chi connectivity index (χ1) is 10.1. The SMILES string of the molecule is COc1ccc(C(=O)N[C@H](CC(=O)O)c2cccs2)cc1. The second kappa shape index (κ2) is 6.90. The van der Waals surface area contributed by atoms with Crippen LogP contribution in [0.25, 0.3) is 0 Å². The van der Waals surface area contributed by atoms with Crippen molar-refractivity contribution in [1.29, 1.82) is 0 Å². The van der Waals surface area contributed by atoms with Crippen molar-refractivity contribution in [2.24, 2.45) is 0 Å². The molecule has 0 aliphatic rings. The molecule has 1 aromatic heterocycles. The first kappa shape index (κ1) is 15.1. The van der Waals surface area contributed by atoms with Gasteiger partial charge in [-0.05, 0) is 35.7 Å². The van der Waals surface area contributed by atoms with Crippen molar-refractivity contribution in [3.63, 3.8) is 0 Å². The zero-order valence-electron chi connectivity index (χ0n) is 11.4. The molecule has 1 heterocycles. The van der Waals surface area contributed by atoms with Crippen molar-refractivity contribution in [3.05, 3.63) is 52.2 Å². The van der Waals surface area contributed by atoms with Gasteiger partial charge in [0.2, 0.25) is 0 Å². The quantitative estimate of drug-likeness (QED) is 0.860. The number of methoxy groups -OCH3 is 1. The Bertz CT molecular complexity index is 607. The van der Waals surface area contributed by atoms with E-state index in [1.165, 1.54) is 11.3 Å². The molecule has 0 radical (unpaired) electrons. The predicted molar refractivity (Wildman–Crippen MR) is 79.8 cm³/mol. The van der Waals surface area contributed by atoms with Crippen molar-refractivity contribution in [1.82, 2.24) is 5.32 Å². The number of rotatable bonds is 6. The minimum Gasteiger partial charge on any atom is -0.497 e. The van der Waals surface area contributed by atoms with Crippen molar-refractivity contribution in [2.45, 2.75) is 12.5 Å². The van der Waals surface area contributed by atoms with E-state index < -0.39 is 12.0 Å². The molecule has 5 nitrogen and oxygen atoms in total. The Morgan fingerprint density at radius 2 is 2.00 bits per heavy atom. The molecule has 6 heteroatoms. The maximum Gasteiger partial charge on any atom is 0.305 e. The molecule has 0 bridgehead atoms. The van der Waals surface area contributed by atoms with E-state index in [0.717, 1.165) is 4.88 Å². The normalized spacial score (nSPS) is 11.7. The highest BCUT2D eigenvalue weighted by Gasteiger charge is 2.19. The van der Waals surface area contributed by atoms with Crippen LogP contribution in [-0.4, -0.2) is 24.1 Å². The zero-order valence-corrected chi connectivity index (χ0v) is 12.2. The largest absolute Gasteiger partial charge is 0.497 e. The molecule has 1 aromatic carbocycles. The highest BCUT2D eigenvalue weighted by Crippen LogP contribution is 2.22. The molecule has 2 N–H and O–H groups in total. The molecule has 1 atom stereocenters. The summed E-state index contributed by atoms with van der Waals surface area (Å²) in [6, 6.07) is 9.76. The fourth-order valence-corrected chi connectivity index (χ4v) is 2.65. The topological polar surface area (TPSA) is 75.6 Å². The molecule has 0 aliphatic carbocycles. The number of carboxylic acids is 1. The Labute approximate surface area is 126 Å². The van der Waals surface area contributed by atoms with Crippen LogP contribution >= 0.6 is 11.3 Å². The fourth-order valence-electron chi connectivity index (χ4n) is 1.87. The lowest BCUT2D eigenvalue weighted by atomic mass is 10.1. The smallest absolute Gasteiger partial charge is 0.305 e. The van der Waals surface area contributed by atoms with E-state index >= 15 is 0 Å². The van der Waals surface area contributed by atoms with E-state index in [-0.39, 0.29) is 12.3 Å². The summed E-state index contributed by atoms with van der Waals surface area (Å²) >= 11 is 1.42. The number of nitrogens with one attached hydrogen (secondary N) is 1. The Morgan fingerprint density at radius 1 is 1.29 bits per heavy atom. The van der Waals surface area contributed by atoms with Gasteiger partial charge < -0.3 is 15.2 Å². The molecular weight excluding hydrogens is 290 g/mol. The van der Waals surface area contributed by atoms with Gasteiger partial charge in [0.15, 0.2) is 0 Å². The lowest BCUT2D eigenvalue weighted by molar-refractivity contribution is -0.137.